The summed E-state index contributed by atoms with van der Waals surface area (Å²) in [5, 5.41) is 7.88. The van der Waals surface area contributed by atoms with Crippen molar-refractivity contribution in [1.82, 2.24) is 9.78 Å². The van der Waals surface area contributed by atoms with E-state index < -0.39 is 0 Å². The average Bonchev–Trinajstić information content (AvgIpc) is 2.93. The predicted octanol–water partition coefficient (Wildman–Crippen LogP) is 4.53. The molecule has 3 aromatic rings. The van der Waals surface area contributed by atoms with Gasteiger partial charge in [-0.3, -0.25) is 4.79 Å². The highest BCUT2D eigenvalue weighted by atomic mass is 32.2. The standard InChI is InChI=1S/C22H23N3O2S/c1-4-15-5-9-17(10-6-15)25-22-20(14(2)24-25)21(28-13-19(26)23-22)16-7-11-18(27-3)12-8-16/h5-12,21H,4,13H2,1-3H3,(H,23,26). The second kappa shape index (κ2) is 7.72. The summed E-state index contributed by atoms with van der Waals surface area (Å²) in [6, 6.07) is 16.3. The molecule has 0 radical (unpaired) electrons. The van der Waals surface area contributed by atoms with Gasteiger partial charge >= 0.3 is 0 Å². The molecule has 1 aliphatic heterocycles. The van der Waals surface area contributed by atoms with Crippen LogP contribution < -0.4 is 10.1 Å². The van der Waals surface area contributed by atoms with Gasteiger partial charge in [-0.1, -0.05) is 31.2 Å². The van der Waals surface area contributed by atoms with Gasteiger partial charge in [-0.05, 0) is 48.7 Å². The Morgan fingerprint density at radius 2 is 1.89 bits per heavy atom. The number of carbonyl (C=O) groups is 1. The topological polar surface area (TPSA) is 56.2 Å². The summed E-state index contributed by atoms with van der Waals surface area (Å²) in [4.78, 5) is 12.4. The molecule has 0 saturated carbocycles. The molecule has 0 bridgehead atoms. The third kappa shape index (κ3) is 3.40. The van der Waals surface area contributed by atoms with E-state index in [1.807, 2.05) is 23.7 Å². The Balaban J connectivity index is 1.82. The number of hydrogen-bond donors (Lipinski definition) is 1. The number of nitrogens with one attached hydrogen (secondary N) is 1. The maximum atomic E-state index is 12.4. The number of carbonyl (C=O) groups excluding carboxylic acids is 1. The lowest BCUT2D eigenvalue weighted by Crippen LogP contribution is -2.15. The van der Waals surface area contributed by atoms with Crippen molar-refractivity contribution in [3.63, 3.8) is 0 Å². The fourth-order valence-corrected chi connectivity index (χ4v) is 4.67. The van der Waals surface area contributed by atoms with Crippen molar-refractivity contribution < 1.29 is 9.53 Å². The van der Waals surface area contributed by atoms with Gasteiger partial charge in [0.05, 0.1) is 29.5 Å². The minimum Gasteiger partial charge on any atom is -0.497 e. The number of benzene rings is 2. The molecule has 2 aromatic carbocycles. The number of nitrogens with zero attached hydrogens (tertiary/aromatic N) is 2. The zero-order chi connectivity index (χ0) is 19.7. The predicted molar refractivity (Wildman–Crippen MR) is 114 cm³/mol. The lowest BCUT2D eigenvalue weighted by Gasteiger charge is -2.16. The van der Waals surface area contributed by atoms with Crippen LogP contribution in [0.3, 0.4) is 0 Å². The third-order valence-electron chi connectivity index (χ3n) is 5.02. The largest absolute Gasteiger partial charge is 0.497 e. The van der Waals surface area contributed by atoms with Crippen LogP contribution in [0.4, 0.5) is 5.82 Å². The Bertz CT molecular complexity index is 994. The van der Waals surface area contributed by atoms with E-state index in [2.05, 4.69) is 48.6 Å². The minimum absolute atomic E-state index is 0.00594. The van der Waals surface area contributed by atoms with Crippen LogP contribution in [0.25, 0.3) is 5.69 Å². The molecule has 4 rings (SSSR count). The van der Waals surface area contributed by atoms with Crippen molar-refractivity contribution in [3.8, 4) is 11.4 Å². The summed E-state index contributed by atoms with van der Waals surface area (Å²) >= 11 is 1.62. The monoisotopic (exact) mass is 393 g/mol. The molecule has 0 spiro atoms. The number of amides is 1. The van der Waals surface area contributed by atoms with E-state index in [-0.39, 0.29) is 11.2 Å². The number of thioether (sulfide) groups is 1. The summed E-state index contributed by atoms with van der Waals surface area (Å²) in [5.41, 5.74) is 5.33. The summed E-state index contributed by atoms with van der Waals surface area (Å²) in [6.07, 6.45) is 0.990. The molecule has 28 heavy (non-hydrogen) atoms. The summed E-state index contributed by atoms with van der Waals surface area (Å²) < 4.78 is 7.13. The zero-order valence-electron chi connectivity index (χ0n) is 16.2. The van der Waals surface area contributed by atoms with Crippen molar-refractivity contribution in [2.45, 2.75) is 25.5 Å². The van der Waals surface area contributed by atoms with Gasteiger partial charge in [0, 0.05) is 5.56 Å². The van der Waals surface area contributed by atoms with Crippen LogP contribution in [0.1, 0.15) is 34.6 Å². The Labute approximate surface area is 169 Å². The molecule has 1 unspecified atom stereocenters. The Morgan fingerprint density at radius 1 is 1.18 bits per heavy atom. The SMILES string of the molecule is CCc1ccc(-n2nc(C)c3c2NC(=O)CSC3c2ccc(OC)cc2)cc1. The van der Waals surface area contributed by atoms with Gasteiger partial charge in [-0.2, -0.15) is 5.10 Å². The van der Waals surface area contributed by atoms with Crippen LogP contribution >= 0.6 is 11.8 Å². The van der Waals surface area contributed by atoms with E-state index in [9.17, 15) is 4.79 Å². The fourth-order valence-electron chi connectivity index (χ4n) is 3.49. The maximum absolute atomic E-state index is 12.4. The van der Waals surface area contributed by atoms with E-state index >= 15 is 0 Å². The van der Waals surface area contributed by atoms with Crippen molar-refractivity contribution >= 4 is 23.5 Å². The summed E-state index contributed by atoms with van der Waals surface area (Å²) in [5.74, 6) is 1.98. The number of ether oxygens (including phenoxy) is 1. The third-order valence-corrected chi connectivity index (χ3v) is 6.29. The molecule has 1 atom stereocenters. The van der Waals surface area contributed by atoms with Crippen LogP contribution in [0.15, 0.2) is 48.5 Å². The van der Waals surface area contributed by atoms with Crippen LogP contribution in [0.2, 0.25) is 0 Å². The molecular formula is C22H23N3O2S. The number of rotatable bonds is 4. The lowest BCUT2D eigenvalue weighted by molar-refractivity contribution is -0.113. The maximum Gasteiger partial charge on any atom is 0.235 e. The number of methoxy groups -OCH3 is 1. The second-order valence-electron chi connectivity index (χ2n) is 6.79. The van der Waals surface area contributed by atoms with E-state index in [1.54, 1.807) is 18.9 Å². The van der Waals surface area contributed by atoms with Gasteiger partial charge in [0.25, 0.3) is 0 Å². The molecule has 1 aromatic heterocycles. The number of fused-ring (bicyclic) bond motifs is 1. The highest BCUT2D eigenvalue weighted by Gasteiger charge is 2.30. The molecule has 6 heteroatoms. The Hall–Kier alpha value is -2.73. The first kappa shape index (κ1) is 18.6. The molecule has 144 valence electrons. The Morgan fingerprint density at radius 3 is 2.54 bits per heavy atom. The van der Waals surface area contributed by atoms with Gasteiger partial charge < -0.3 is 10.1 Å². The molecule has 2 heterocycles. The van der Waals surface area contributed by atoms with Gasteiger partial charge in [0.2, 0.25) is 5.91 Å². The normalized spacial score (nSPS) is 16.2. The van der Waals surface area contributed by atoms with Crippen molar-refractivity contribution in [1.29, 1.82) is 0 Å². The zero-order valence-corrected chi connectivity index (χ0v) is 17.0. The fraction of sp³-hybridized carbons (Fsp3) is 0.273. The van der Waals surface area contributed by atoms with Gasteiger partial charge in [0.1, 0.15) is 11.6 Å². The van der Waals surface area contributed by atoms with Crippen molar-refractivity contribution in [2.75, 3.05) is 18.2 Å². The first-order valence-electron chi connectivity index (χ1n) is 9.35. The second-order valence-corrected chi connectivity index (χ2v) is 7.89. The van der Waals surface area contributed by atoms with E-state index in [4.69, 9.17) is 9.84 Å². The van der Waals surface area contributed by atoms with Gasteiger partial charge in [-0.25, -0.2) is 4.68 Å². The first-order chi connectivity index (χ1) is 13.6. The number of anilines is 1. The quantitative estimate of drug-likeness (QED) is 0.708. The highest BCUT2D eigenvalue weighted by molar-refractivity contribution is 8.00. The summed E-state index contributed by atoms with van der Waals surface area (Å²) in [6.45, 7) is 4.14. The molecular weight excluding hydrogens is 370 g/mol. The minimum atomic E-state index is -0.00594. The van der Waals surface area contributed by atoms with Crippen LogP contribution in [0, 0.1) is 6.92 Å². The summed E-state index contributed by atoms with van der Waals surface area (Å²) in [7, 11) is 1.66. The number of aryl methyl sites for hydroxylation is 2. The van der Waals surface area contributed by atoms with Gasteiger partial charge in [0.15, 0.2) is 0 Å². The van der Waals surface area contributed by atoms with E-state index in [0.717, 1.165) is 40.5 Å². The van der Waals surface area contributed by atoms with Crippen LogP contribution in [0.5, 0.6) is 5.75 Å². The van der Waals surface area contributed by atoms with E-state index in [1.165, 1.54) is 5.56 Å². The molecule has 5 nitrogen and oxygen atoms in total. The molecule has 1 N–H and O–H groups in total. The van der Waals surface area contributed by atoms with Gasteiger partial charge in [-0.15, -0.1) is 11.8 Å². The van der Waals surface area contributed by atoms with Crippen LogP contribution in [-0.2, 0) is 11.2 Å². The van der Waals surface area contributed by atoms with Crippen molar-refractivity contribution in [2.24, 2.45) is 0 Å². The van der Waals surface area contributed by atoms with Crippen molar-refractivity contribution in [3.05, 3.63) is 70.9 Å². The molecule has 1 aliphatic rings. The molecule has 0 saturated heterocycles. The first-order valence-corrected chi connectivity index (χ1v) is 10.4. The Kier molecular flexibility index (Phi) is 5.13. The van der Waals surface area contributed by atoms with Crippen LogP contribution in [-0.4, -0.2) is 28.6 Å². The van der Waals surface area contributed by atoms with E-state index in [0.29, 0.717) is 5.75 Å². The smallest absolute Gasteiger partial charge is 0.235 e. The number of aromatic nitrogens is 2. The number of hydrogen-bond acceptors (Lipinski definition) is 4. The molecule has 0 aliphatic carbocycles. The molecule has 1 amide bonds. The highest BCUT2D eigenvalue weighted by Crippen LogP contribution is 2.44. The lowest BCUT2D eigenvalue weighted by atomic mass is 10.0. The molecule has 0 fully saturated rings. The average molecular weight is 394 g/mol.